The number of hydrogen-bond acceptors (Lipinski definition) is 3. The number of allylic oxidation sites excluding steroid dienone is 1. The van der Waals surface area contributed by atoms with Crippen molar-refractivity contribution in [3.8, 4) is 0 Å². The Kier molecular flexibility index (Phi) is 6.64. The first kappa shape index (κ1) is 18.1. The second kappa shape index (κ2) is 9.15. The van der Waals surface area contributed by atoms with E-state index >= 15 is 0 Å². The number of nitrogens with one attached hydrogen (secondary N) is 3. The molecule has 0 bridgehead atoms. The highest BCUT2D eigenvalue weighted by Crippen LogP contribution is 2.23. The maximum atomic E-state index is 12.2. The van der Waals surface area contributed by atoms with Crippen LogP contribution in [-0.2, 0) is 4.79 Å². The first-order valence-electron chi connectivity index (χ1n) is 9.36. The zero-order valence-electron chi connectivity index (χ0n) is 14.7. The van der Waals surface area contributed by atoms with Crippen LogP contribution in [0.4, 0.5) is 4.79 Å². The Morgan fingerprint density at radius 2 is 2.20 bits per heavy atom. The van der Waals surface area contributed by atoms with Gasteiger partial charge in [0.25, 0.3) is 5.91 Å². The second-order valence-corrected chi connectivity index (χ2v) is 7.94. The van der Waals surface area contributed by atoms with Crippen molar-refractivity contribution >= 4 is 23.3 Å². The molecule has 1 saturated heterocycles. The molecule has 1 aromatic heterocycles. The van der Waals surface area contributed by atoms with Crippen molar-refractivity contribution in [3.05, 3.63) is 34.0 Å². The van der Waals surface area contributed by atoms with Gasteiger partial charge in [-0.25, -0.2) is 4.79 Å². The highest BCUT2D eigenvalue weighted by Gasteiger charge is 2.32. The summed E-state index contributed by atoms with van der Waals surface area (Å²) in [5.41, 5.74) is 1.43. The molecule has 0 radical (unpaired) electrons. The summed E-state index contributed by atoms with van der Waals surface area (Å²) in [5, 5.41) is 7.37. The summed E-state index contributed by atoms with van der Waals surface area (Å²) in [7, 11) is 0. The standard InChI is InChI=1S/C19H27N3O2S/c23-18(14-22-12-4-8-16(22)17-9-5-13-25-17)21-19(24)20-11-10-15-6-2-1-3-7-15/h5-6,9,13,16H,1-4,7-8,10-12,14H2,(H2,20,21,23,24)/p+1/t16-/m0/s1. The predicted molar refractivity (Wildman–Crippen MR) is 99.7 cm³/mol. The van der Waals surface area contributed by atoms with Gasteiger partial charge in [-0.2, -0.15) is 0 Å². The van der Waals surface area contributed by atoms with Crippen molar-refractivity contribution in [2.24, 2.45) is 0 Å². The van der Waals surface area contributed by atoms with Gasteiger partial charge in [-0.05, 0) is 43.6 Å². The Balaban J connectivity index is 1.38. The van der Waals surface area contributed by atoms with Gasteiger partial charge in [-0.3, -0.25) is 10.1 Å². The fourth-order valence-corrected chi connectivity index (χ4v) is 4.77. The number of carbonyl (C=O) groups excluding carboxylic acids is 2. The molecule has 6 heteroatoms. The summed E-state index contributed by atoms with van der Waals surface area (Å²) in [6.07, 6.45) is 10.2. The minimum Gasteiger partial charge on any atom is -0.337 e. The van der Waals surface area contributed by atoms with Crippen molar-refractivity contribution in [1.29, 1.82) is 0 Å². The largest absolute Gasteiger partial charge is 0.337 e. The van der Waals surface area contributed by atoms with Crippen LogP contribution >= 0.6 is 11.3 Å². The van der Waals surface area contributed by atoms with Gasteiger partial charge in [-0.1, -0.05) is 17.7 Å². The van der Waals surface area contributed by atoms with Crippen LogP contribution in [0.5, 0.6) is 0 Å². The van der Waals surface area contributed by atoms with Gasteiger partial charge in [0.15, 0.2) is 6.54 Å². The normalized spacial score (nSPS) is 23.1. The van der Waals surface area contributed by atoms with E-state index in [0.29, 0.717) is 19.1 Å². The molecule has 1 aromatic rings. The predicted octanol–water partition coefficient (Wildman–Crippen LogP) is 2.18. The molecule has 1 aliphatic heterocycles. The van der Waals surface area contributed by atoms with E-state index in [2.05, 4.69) is 34.2 Å². The number of hydrogen-bond donors (Lipinski definition) is 3. The molecule has 25 heavy (non-hydrogen) atoms. The summed E-state index contributed by atoms with van der Waals surface area (Å²) in [5.74, 6) is -0.187. The van der Waals surface area contributed by atoms with Crippen LogP contribution < -0.4 is 15.5 Å². The fourth-order valence-electron chi connectivity index (χ4n) is 3.85. The summed E-state index contributed by atoms with van der Waals surface area (Å²) in [6.45, 7) is 1.95. The zero-order valence-corrected chi connectivity index (χ0v) is 15.5. The van der Waals surface area contributed by atoms with Crippen LogP contribution in [0.3, 0.4) is 0 Å². The highest BCUT2D eigenvalue weighted by molar-refractivity contribution is 7.10. The van der Waals surface area contributed by atoms with E-state index < -0.39 is 0 Å². The molecule has 0 aromatic carbocycles. The highest BCUT2D eigenvalue weighted by atomic mass is 32.1. The number of carbonyl (C=O) groups is 2. The minimum atomic E-state index is -0.368. The third kappa shape index (κ3) is 5.41. The number of likely N-dealkylation sites (tertiary alicyclic amines) is 1. The molecule has 0 saturated carbocycles. The van der Waals surface area contributed by atoms with Gasteiger partial charge >= 0.3 is 6.03 Å². The number of urea groups is 1. The molecule has 2 atom stereocenters. The number of thiophene rings is 1. The Bertz CT molecular complexity index is 612. The third-order valence-corrected chi connectivity index (χ3v) is 6.11. The van der Waals surface area contributed by atoms with Crippen LogP contribution in [0, 0.1) is 0 Å². The molecular weight excluding hydrogens is 334 g/mol. The summed E-state index contributed by atoms with van der Waals surface area (Å²) in [4.78, 5) is 26.7. The lowest BCUT2D eigenvalue weighted by Crippen LogP contribution is -3.11. The van der Waals surface area contributed by atoms with Crippen molar-refractivity contribution in [1.82, 2.24) is 10.6 Å². The number of amides is 3. The van der Waals surface area contributed by atoms with E-state index in [1.54, 1.807) is 11.3 Å². The third-order valence-electron chi connectivity index (χ3n) is 5.13. The van der Waals surface area contributed by atoms with Crippen molar-refractivity contribution < 1.29 is 14.5 Å². The number of imide groups is 1. The molecule has 136 valence electrons. The van der Waals surface area contributed by atoms with E-state index in [9.17, 15) is 9.59 Å². The van der Waals surface area contributed by atoms with E-state index in [1.807, 2.05) is 0 Å². The SMILES string of the molecule is O=C(C[NH+]1CCC[C@H]1c1cccs1)NC(=O)NCCC1=CCCCC1. The van der Waals surface area contributed by atoms with Gasteiger partial charge in [0.1, 0.15) is 6.04 Å². The lowest BCUT2D eigenvalue weighted by molar-refractivity contribution is -0.910. The van der Waals surface area contributed by atoms with Crippen molar-refractivity contribution in [3.63, 3.8) is 0 Å². The monoisotopic (exact) mass is 362 g/mol. The Labute approximate surface area is 153 Å². The van der Waals surface area contributed by atoms with Crippen LogP contribution in [0.1, 0.15) is 55.9 Å². The Morgan fingerprint density at radius 3 is 2.96 bits per heavy atom. The van der Waals surface area contributed by atoms with Crippen LogP contribution in [0.15, 0.2) is 29.2 Å². The molecule has 2 aliphatic rings. The number of rotatable bonds is 6. The van der Waals surface area contributed by atoms with E-state index in [4.69, 9.17) is 0 Å². The first-order chi connectivity index (χ1) is 12.2. The average molecular weight is 363 g/mol. The summed E-state index contributed by atoms with van der Waals surface area (Å²) < 4.78 is 0. The second-order valence-electron chi connectivity index (χ2n) is 6.96. The average Bonchev–Trinajstić information content (AvgIpc) is 3.26. The van der Waals surface area contributed by atoms with Gasteiger partial charge in [0.2, 0.25) is 0 Å². The molecule has 5 nitrogen and oxygen atoms in total. The maximum absolute atomic E-state index is 12.2. The lowest BCUT2D eigenvalue weighted by Gasteiger charge is -2.20. The molecular formula is C19H28N3O2S+. The van der Waals surface area contributed by atoms with Gasteiger partial charge in [0.05, 0.1) is 11.4 Å². The molecule has 3 N–H and O–H groups in total. The van der Waals surface area contributed by atoms with Crippen LogP contribution in [0.2, 0.25) is 0 Å². The number of quaternary nitrogens is 1. The molecule has 0 spiro atoms. The minimum absolute atomic E-state index is 0.187. The molecule has 3 amide bonds. The van der Waals surface area contributed by atoms with Crippen molar-refractivity contribution in [2.45, 2.75) is 51.0 Å². The quantitative estimate of drug-likeness (QED) is 0.679. The van der Waals surface area contributed by atoms with Gasteiger partial charge in [0, 0.05) is 19.4 Å². The zero-order chi connectivity index (χ0) is 17.5. The topological polar surface area (TPSA) is 62.6 Å². The van der Waals surface area contributed by atoms with Crippen molar-refractivity contribution in [2.75, 3.05) is 19.6 Å². The Hall–Kier alpha value is -1.66. The fraction of sp³-hybridized carbons (Fsp3) is 0.579. The Morgan fingerprint density at radius 1 is 1.28 bits per heavy atom. The molecule has 3 rings (SSSR count). The van der Waals surface area contributed by atoms with Gasteiger partial charge in [-0.15, -0.1) is 11.3 Å². The smallest absolute Gasteiger partial charge is 0.321 e. The lowest BCUT2D eigenvalue weighted by atomic mass is 9.97. The maximum Gasteiger partial charge on any atom is 0.321 e. The van der Waals surface area contributed by atoms with Crippen LogP contribution in [0.25, 0.3) is 0 Å². The molecule has 2 heterocycles. The molecule has 1 aliphatic carbocycles. The molecule has 1 unspecified atom stereocenters. The summed E-state index contributed by atoms with van der Waals surface area (Å²) in [6, 6.07) is 4.23. The summed E-state index contributed by atoms with van der Waals surface area (Å²) >= 11 is 1.75. The van der Waals surface area contributed by atoms with Crippen LogP contribution in [-0.4, -0.2) is 31.6 Å². The molecule has 1 fully saturated rings. The van der Waals surface area contributed by atoms with E-state index in [-0.39, 0.29) is 11.9 Å². The van der Waals surface area contributed by atoms with E-state index in [0.717, 1.165) is 38.6 Å². The van der Waals surface area contributed by atoms with Gasteiger partial charge < -0.3 is 10.2 Å². The van der Waals surface area contributed by atoms with E-state index in [1.165, 1.54) is 28.2 Å². The first-order valence-corrected chi connectivity index (χ1v) is 10.2.